The normalized spacial score (nSPS) is 11.5. The van der Waals surface area contributed by atoms with E-state index in [0.717, 1.165) is 23.7 Å². The molecule has 21 heavy (non-hydrogen) atoms. The molecule has 0 saturated heterocycles. The van der Waals surface area contributed by atoms with Crippen LogP contribution in [0.2, 0.25) is 0 Å². The maximum atomic E-state index is 5.24. The van der Waals surface area contributed by atoms with Gasteiger partial charge >= 0.3 is 0 Å². The number of ether oxygens (including phenoxy) is 1. The lowest BCUT2D eigenvalue weighted by Gasteiger charge is -2.18. The smallest absolute Gasteiger partial charge is 0.119 e. The molecule has 0 atom stereocenters. The zero-order valence-corrected chi connectivity index (χ0v) is 13.8. The number of nitrogens with zero attached hydrogens (tertiary/aromatic N) is 2. The molecule has 2 rings (SSSR count). The van der Waals surface area contributed by atoms with E-state index in [1.807, 2.05) is 23.9 Å². The number of methoxy groups -OCH3 is 1. The fraction of sp³-hybridized carbons (Fsp3) is 0.471. The Morgan fingerprint density at radius 3 is 2.57 bits per heavy atom. The second kappa shape index (κ2) is 5.80. The first-order valence-corrected chi connectivity index (χ1v) is 7.23. The van der Waals surface area contributed by atoms with Crippen molar-refractivity contribution in [1.29, 1.82) is 0 Å². The van der Waals surface area contributed by atoms with Crippen LogP contribution in [0, 0.1) is 6.92 Å². The summed E-state index contributed by atoms with van der Waals surface area (Å²) in [5, 5.41) is 8.10. The minimum atomic E-state index is 0.0488. The number of hydrogen-bond acceptors (Lipinski definition) is 3. The van der Waals surface area contributed by atoms with Crippen LogP contribution in [0.25, 0.3) is 0 Å². The molecule has 114 valence electrons. The number of benzene rings is 1. The largest absolute Gasteiger partial charge is 0.497 e. The van der Waals surface area contributed by atoms with Crippen LogP contribution in [-0.4, -0.2) is 16.9 Å². The summed E-state index contributed by atoms with van der Waals surface area (Å²) in [6.45, 7) is 9.43. The number of anilines is 1. The van der Waals surface area contributed by atoms with Gasteiger partial charge in [0.05, 0.1) is 12.8 Å². The summed E-state index contributed by atoms with van der Waals surface area (Å²) < 4.78 is 7.13. The van der Waals surface area contributed by atoms with Gasteiger partial charge in [0.15, 0.2) is 0 Å². The highest BCUT2D eigenvalue weighted by Gasteiger charge is 2.21. The highest BCUT2D eigenvalue weighted by atomic mass is 16.5. The molecule has 2 aromatic rings. The molecule has 1 aromatic carbocycles. The fourth-order valence-electron chi connectivity index (χ4n) is 2.45. The number of nitrogens with one attached hydrogen (secondary N) is 1. The molecule has 1 aromatic heterocycles. The molecule has 0 fully saturated rings. The summed E-state index contributed by atoms with van der Waals surface area (Å²) in [7, 11) is 3.66. The van der Waals surface area contributed by atoms with Crippen molar-refractivity contribution in [3.8, 4) is 5.75 Å². The van der Waals surface area contributed by atoms with E-state index < -0.39 is 0 Å². The summed E-state index contributed by atoms with van der Waals surface area (Å²) >= 11 is 0. The predicted molar refractivity (Wildman–Crippen MR) is 87.0 cm³/mol. The molecule has 0 aliphatic carbocycles. The van der Waals surface area contributed by atoms with Crippen LogP contribution in [0.5, 0.6) is 5.75 Å². The number of aromatic nitrogens is 2. The third kappa shape index (κ3) is 3.57. The average Bonchev–Trinajstić information content (AvgIpc) is 2.78. The maximum absolute atomic E-state index is 5.24. The molecular weight excluding hydrogens is 262 g/mol. The van der Waals surface area contributed by atoms with E-state index in [-0.39, 0.29) is 5.41 Å². The van der Waals surface area contributed by atoms with Crippen molar-refractivity contribution >= 4 is 5.69 Å². The van der Waals surface area contributed by atoms with Gasteiger partial charge < -0.3 is 10.1 Å². The van der Waals surface area contributed by atoms with E-state index in [4.69, 9.17) is 4.74 Å². The Hall–Kier alpha value is -1.97. The summed E-state index contributed by atoms with van der Waals surface area (Å²) in [4.78, 5) is 0. The molecule has 1 heterocycles. The van der Waals surface area contributed by atoms with Gasteiger partial charge in [-0.3, -0.25) is 4.68 Å². The lowest BCUT2D eigenvalue weighted by Crippen LogP contribution is -2.16. The highest BCUT2D eigenvalue weighted by molar-refractivity contribution is 5.54. The maximum Gasteiger partial charge on any atom is 0.119 e. The zero-order valence-electron chi connectivity index (χ0n) is 13.8. The Balaban J connectivity index is 2.17. The Morgan fingerprint density at radius 1 is 1.29 bits per heavy atom. The van der Waals surface area contributed by atoms with Gasteiger partial charge in [-0.2, -0.15) is 5.10 Å². The Kier molecular flexibility index (Phi) is 4.26. The van der Waals surface area contributed by atoms with Gasteiger partial charge in [0, 0.05) is 36.5 Å². The molecule has 4 nitrogen and oxygen atoms in total. The van der Waals surface area contributed by atoms with Gasteiger partial charge in [0.25, 0.3) is 0 Å². The van der Waals surface area contributed by atoms with Crippen LogP contribution in [0.3, 0.4) is 0 Å². The van der Waals surface area contributed by atoms with Crippen LogP contribution in [0.1, 0.15) is 37.6 Å². The van der Waals surface area contributed by atoms with Crippen molar-refractivity contribution in [2.45, 2.75) is 39.7 Å². The molecule has 0 bridgehead atoms. The second-order valence-electron chi connectivity index (χ2n) is 6.46. The predicted octanol–water partition coefficient (Wildman–Crippen LogP) is 3.65. The summed E-state index contributed by atoms with van der Waals surface area (Å²) in [6, 6.07) is 6.07. The van der Waals surface area contributed by atoms with E-state index >= 15 is 0 Å². The number of rotatable bonds is 4. The molecule has 0 aliphatic heterocycles. The van der Waals surface area contributed by atoms with Crippen LogP contribution < -0.4 is 10.1 Å². The SMILES string of the molecule is COc1ccc(NCc2cn(C)nc2C(C)(C)C)c(C)c1. The topological polar surface area (TPSA) is 39.1 Å². The number of hydrogen-bond donors (Lipinski definition) is 1. The zero-order chi connectivity index (χ0) is 15.6. The molecule has 0 amide bonds. The molecule has 0 spiro atoms. The summed E-state index contributed by atoms with van der Waals surface area (Å²) in [5.74, 6) is 0.884. The van der Waals surface area contributed by atoms with Crippen molar-refractivity contribution in [2.75, 3.05) is 12.4 Å². The Bertz CT molecular complexity index is 623. The molecule has 4 heteroatoms. The number of aryl methyl sites for hydroxylation is 2. The fourth-order valence-corrected chi connectivity index (χ4v) is 2.45. The lowest BCUT2D eigenvalue weighted by molar-refractivity contribution is 0.414. The quantitative estimate of drug-likeness (QED) is 0.933. The molecule has 0 aliphatic rings. The summed E-state index contributed by atoms with van der Waals surface area (Å²) in [5.41, 5.74) is 4.73. The molecular formula is C17H25N3O. The molecule has 0 radical (unpaired) electrons. The molecule has 0 saturated carbocycles. The highest BCUT2D eigenvalue weighted by Crippen LogP contribution is 2.26. The molecule has 0 unspecified atom stereocenters. The first-order chi connectivity index (χ1) is 9.81. The van der Waals surface area contributed by atoms with Gasteiger partial charge in [-0.15, -0.1) is 0 Å². The third-order valence-corrected chi connectivity index (χ3v) is 3.52. The van der Waals surface area contributed by atoms with Crippen LogP contribution in [0.4, 0.5) is 5.69 Å². The standard InChI is InChI=1S/C17H25N3O/c1-12-9-14(21-6)7-8-15(12)18-10-13-11-20(5)19-16(13)17(2,3)4/h7-9,11,18H,10H2,1-6H3. The van der Waals surface area contributed by atoms with Gasteiger partial charge in [-0.1, -0.05) is 20.8 Å². The first kappa shape index (κ1) is 15.4. The van der Waals surface area contributed by atoms with E-state index in [2.05, 4.69) is 50.4 Å². The van der Waals surface area contributed by atoms with Crippen LogP contribution in [-0.2, 0) is 19.0 Å². The van der Waals surface area contributed by atoms with Gasteiger partial charge in [-0.25, -0.2) is 0 Å². The van der Waals surface area contributed by atoms with Crippen molar-refractivity contribution in [2.24, 2.45) is 7.05 Å². The van der Waals surface area contributed by atoms with Gasteiger partial charge in [0.1, 0.15) is 5.75 Å². The van der Waals surface area contributed by atoms with E-state index in [1.54, 1.807) is 7.11 Å². The monoisotopic (exact) mass is 287 g/mol. The Morgan fingerprint density at radius 2 is 2.00 bits per heavy atom. The average molecular weight is 287 g/mol. The van der Waals surface area contributed by atoms with Crippen LogP contribution in [0.15, 0.2) is 24.4 Å². The van der Waals surface area contributed by atoms with Crippen molar-refractivity contribution in [1.82, 2.24) is 9.78 Å². The first-order valence-electron chi connectivity index (χ1n) is 7.23. The van der Waals surface area contributed by atoms with E-state index in [0.29, 0.717) is 0 Å². The lowest BCUT2D eigenvalue weighted by atomic mass is 9.89. The van der Waals surface area contributed by atoms with Crippen molar-refractivity contribution in [3.63, 3.8) is 0 Å². The van der Waals surface area contributed by atoms with Crippen LogP contribution >= 0.6 is 0 Å². The van der Waals surface area contributed by atoms with Crippen molar-refractivity contribution in [3.05, 3.63) is 41.2 Å². The summed E-state index contributed by atoms with van der Waals surface area (Å²) in [6.07, 6.45) is 2.09. The minimum Gasteiger partial charge on any atom is -0.497 e. The third-order valence-electron chi connectivity index (χ3n) is 3.52. The van der Waals surface area contributed by atoms with Gasteiger partial charge in [0.2, 0.25) is 0 Å². The minimum absolute atomic E-state index is 0.0488. The van der Waals surface area contributed by atoms with Gasteiger partial charge in [-0.05, 0) is 30.7 Å². The van der Waals surface area contributed by atoms with E-state index in [1.165, 1.54) is 11.1 Å². The van der Waals surface area contributed by atoms with E-state index in [9.17, 15) is 0 Å². The van der Waals surface area contributed by atoms with Crippen molar-refractivity contribution < 1.29 is 4.74 Å². The molecule has 1 N–H and O–H groups in total. The second-order valence-corrected chi connectivity index (χ2v) is 6.46. The Labute approximate surface area is 127 Å².